The smallest absolute Gasteiger partial charge is 0.0107 e. The van der Waals surface area contributed by atoms with Gasteiger partial charge in [-0.1, -0.05) is 32.0 Å². The van der Waals surface area contributed by atoms with Crippen molar-refractivity contribution in [2.75, 3.05) is 12.3 Å². The molecule has 2 aliphatic rings. The fourth-order valence-electron chi connectivity index (χ4n) is 3.39. The van der Waals surface area contributed by atoms with Gasteiger partial charge in [-0.3, -0.25) is 0 Å². The van der Waals surface area contributed by atoms with Crippen LogP contribution in [0, 0.1) is 11.8 Å². The Labute approximate surface area is 121 Å². The van der Waals surface area contributed by atoms with Gasteiger partial charge < -0.3 is 5.32 Å². The number of thioether (sulfide) groups is 1. The normalized spacial score (nSPS) is 29.3. The first-order chi connectivity index (χ1) is 9.24. The van der Waals surface area contributed by atoms with E-state index in [1.165, 1.54) is 36.5 Å². The van der Waals surface area contributed by atoms with Gasteiger partial charge in [-0.15, -0.1) is 11.8 Å². The summed E-state index contributed by atoms with van der Waals surface area (Å²) in [6, 6.07) is 9.64. The van der Waals surface area contributed by atoms with Crippen LogP contribution in [-0.4, -0.2) is 18.3 Å². The lowest BCUT2D eigenvalue weighted by molar-refractivity contribution is 0.150. The Balaban J connectivity index is 1.55. The first-order valence-corrected chi connectivity index (χ1v) is 8.67. The maximum Gasteiger partial charge on any atom is 0.0107 e. The monoisotopic (exact) mass is 275 g/mol. The molecule has 1 N–H and O–H groups in total. The fourth-order valence-corrected chi connectivity index (χ4v) is 4.67. The van der Waals surface area contributed by atoms with Crippen LogP contribution in [0.25, 0.3) is 0 Å². The summed E-state index contributed by atoms with van der Waals surface area (Å²) in [5, 5.41) is 3.62. The molecule has 3 rings (SSSR count). The van der Waals surface area contributed by atoms with Crippen LogP contribution >= 0.6 is 11.8 Å². The minimum absolute atomic E-state index is 0.629. The SMILES string of the molecule is CC(C)NCC1CCC1CC1CSc2ccccc21. The van der Waals surface area contributed by atoms with E-state index < -0.39 is 0 Å². The second kappa shape index (κ2) is 5.88. The molecule has 1 aliphatic heterocycles. The molecule has 0 radical (unpaired) electrons. The van der Waals surface area contributed by atoms with Crippen molar-refractivity contribution in [2.24, 2.45) is 11.8 Å². The number of rotatable bonds is 5. The highest BCUT2D eigenvalue weighted by Crippen LogP contribution is 2.47. The van der Waals surface area contributed by atoms with Gasteiger partial charge in [0, 0.05) is 16.7 Å². The molecule has 1 heterocycles. The molecule has 0 saturated heterocycles. The quantitative estimate of drug-likeness (QED) is 0.860. The Bertz CT molecular complexity index is 429. The molecule has 1 fully saturated rings. The highest BCUT2D eigenvalue weighted by molar-refractivity contribution is 7.99. The molecule has 1 nitrogen and oxygen atoms in total. The first kappa shape index (κ1) is 13.5. The van der Waals surface area contributed by atoms with Crippen LogP contribution in [0.15, 0.2) is 29.2 Å². The maximum atomic E-state index is 3.62. The Morgan fingerprint density at radius 2 is 2.00 bits per heavy atom. The summed E-state index contributed by atoms with van der Waals surface area (Å²) >= 11 is 2.06. The van der Waals surface area contributed by atoms with Crippen molar-refractivity contribution in [3.8, 4) is 0 Å². The van der Waals surface area contributed by atoms with Gasteiger partial charge >= 0.3 is 0 Å². The summed E-state index contributed by atoms with van der Waals surface area (Å²) in [6.45, 7) is 5.72. The van der Waals surface area contributed by atoms with Crippen molar-refractivity contribution in [2.45, 2.75) is 50.0 Å². The summed E-state index contributed by atoms with van der Waals surface area (Å²) in [7, 11) is 0. The number of benzene rings is 1. The van der Waals surface area contributed by atoms with E-state index in [4.69, 9.17) is 0 Å². The summed E-state index contributed by atoms with van der Waals surface area (Å²) in [5.74, 6) is 4.01. The van der Waals surface area contributed by atoms with Crippen LogP contribution in [0.4, 0.5) is 0 Å². The zero-order chi connectivity index (χ0) is 13.2. The van der Waals surface area contributed by atoms with Crippen molar-refractivity contribution < 1.29 is 0 Å². The molecule has 1 aliphatic carbocycles. The minimum Gasteiger partial charge on any atom is -0.314 e. The number of nitrogens with one attached hydrogen (secondary N) is 1. The Morgan fingerprint density at radius 1 is 1.21 bits per heavy atom. The van der Waals surface area contributed by atoms with E-state index in [2.05, 4.69) is 55.2 Å². The average Bonchev–Trinajstić information content (AvgIpc) is 2.78. The predicted octanol–water partition coefficient (Wildman–Crippen LogP) is 4.29. The van der Waals surface area contributed by atoms with E-state index in [1.807, 2.05) is 0 Å². The molecule has 1 aromatic rings. The van der Waals surface area contributed by atoms with Crippen LogP contribution in [-0.2, 0) is 0 Å². The Hall–Kier alpha value is -0.470. The van der Waals surface area contributed by atoms with Crippen molar-refractivity contribution in [3.63, 3.8) is 0 Å². The molecule has 19 heavy (non-hydrogen) atoms. The fraction of sp³-hybridized carbons (Fsp3) is 0.647. The van der Waals surface area contributed by atoms with E-state index in [0.717, 1.165) is 17.8 Å². The maximum absolute atomic E-state index is 3.62. The van der Waals surface area contributed by atoms with E-state index in [-0.39, 0.29) is 0 Å². The molecule has 0 bridgehead atoms. The molecule has 3 atom stereocenters. The van der Waals surface area contributed by atoms with E-state index in [0.29, 0.717) is 6.04 Å². The molecular formula is C17H25NS. The molecule has 0 spiro atoms. The van der Waals surface area contributed by atoms with Crippen LogP contribution in [0.3, 0.4) is 0 Å². The van der Waals surface area contributed by atoms with Crippen molar-refractivity contribution in [1.82, 2.24) is 5.32 Å². The topological polar surface area (TPSA) is 12.0 Å². The van der Waals surface area contributed by atoms with Crippen molar-refractivity contribution in [1.29, 1.82) is 0 Å². The van der Waals surface area contributed by atoms with Gasteiger partial charge in [0.15, 0.2) is 0 Å². The molecule has 0 amide bonds. The van der Waals surface area contributed by atoms with Gasteiger partial charge in [0.25, 0.3) is 0 Å². The third-order valence-electron chi connectivity index (χ3n) is 4.75. The van der Waals surface area contributed by atoms with Gasteiger partial charge in [0.1, 0.15) is 0 Å². The van der Waals surface area contributed by atoms with Crippen LogP contribution in [0.2, 0.25) is 0 Å². The average molecular weight is 275 g/mol. The molecular weight excluding hydrogens is 250 g/mol. The van der Waals surface area contributed by atoms with E-state index in [9.17, 15) is 0 Å². The molecule has 3 unspecified atom stereocenters. The molecule has 1 aromatic carbocycles. The van der Waals surface area contributed by atoms with E-state index >= 15 is 0 Å². The summed E-state index contributed by atoms with van der Waals surface area (Å²) in [5.41, 5.74) is 1.62. The zero-order valence-electron chi connectivity index (χ0n) is 12.1. The van der Waals surface area contributed by atoms with Crippen LogP contribution in [0.1, 0.15) is 44.6 Å². The van der Waals surface area contributed by atoms with Crippen molar-refractivity contribution >= 4 is 11.8 Å². The van der Waals surface area contributed by atoms with Gasteiger partial charge in [-0.2, -0.15) is 0 Å². The zero-order valence-corrected chi connectivity index (χ0v) is 12.9. The van der Waals surface area contributed by atoms with Crippen molar-refractivity contribution in [3.05, 3.63) is 29.8 Å². The lowest BCUT2D eigenvalue weighted by atomic mass is 9.69. The molecule has 104 valence electrons. The van der Waals surface area contributed by atoms with Gasteiger partial charge in [0.05, 0.1) is 0 Å². The third-order valence-corrected chi connectivity index (χ3v) is 6.00. The molecule has 1 saturated carbocycles. The van der Waals surface area contributed by atoms with Crippen LogP contribution < -0.4 is 5.32 Å². The van der Waals surface area contributed by atoms with Gasteiger partial charge in [-0.05, 0) is 55.2 Å². The Kier molecular flexibility index (Phi) is 4.18. The second-order valence-electron chi connectivity index (χ2n) is 6.44. The number of hydrogen-bond donors (Lipinski definition) is 1. The summed E-state index contributed by atoms with van der Waals surface area (Å²) in [4.78, 5) is 1.53. The Morgan fingerprint density at radius 3 is 2.74 bits per heavy atom. The van der Waals surface area contributed by atoms with E-state index in [1.54, 1.807) is 5.56 Å². The minimum atomic E-state index is 0.629. The molecule has 2 heteroatoms. The highest BCUT2D eigenvalue weighted by atomic mass is 32.2. The standard InChI is InChI=1S/C17H25NS/c1-12(2)18-10-14-8-7-13(14)9-15-11-19-17-6-4-3-5-16(15)17/h3-6,12-15,18H,7-11H2,1-2H3. The van der Waals surface area contributed by atoms with Gasteiger partial charge in [0.2, 0.25) is 0 Å². The lowest BCUT2D eigenvalue weighted by Gasteiger charge is -2.39. The summed E-state index contributed by atoms with van der Waals surface area (Å²) in [6.07, 6.45) is 4.30. The largest absolute Gasteiger partial charge is 0.314 e. The third kappa shape index (κ3) is 3.00. The second-order valence-corrected chi connectivity index (χ2v) is 7.50. The lowest BCUT2D eigenvalue weighted by Crippen LogP contribution is -2.38. The first-order valence-electron chi connectivity index (χ1n) is 7.69. The predicted molar refractivity (Wildman–Crippen MR) is 83.9 cm³/mol. The molecule has 0 aromatic heterocycles. The summed E-state index contributed by atoms with van der Waals surface area (Å²) < 4.78 is 0. The number of hydrogen-bond acceptors (Lipinski definition) is 2. The number of fused-ring (bicyclic) bond motifs is 1. The highest BCUT2D eigenvalue weighted by Gasteiger charge is 2.34. The van der Waals surface area contributed by atoms with Gasteiger partial charge in [-0.25, -0.2) is 0 Å². The van der Waals surface area contributed by atoms with Crippen LogP contribution in [0.5, 0.6) is 0 Å².